The molecule has 0 aliphatic carbocycles. The first-order valence-corrected chi connectivity index (χ1v) is 11.1. The van der Waals surface area contributed by atoms with E-state index in [1.54, 1.807) is 11.8 Å². The number of para-hydroxylation sites is 2. The third kappa shape index (κ3) is 5.09. The van der Waals surface area contributed by atoms with Crippen molar-refractivity contribution in [3.8, 4) is 0 Å². The molecule has 1 heterocycles. The number of anilines is 2. The van der Waals surface area contributed by atoms with E-state index in [1.165, 1.54) is 0 Å². The van der Waals surface area contributed by atoms with Gasteiger partial charge in [0.05, 0.1) is 23.8 Å². The Balaban J connectivity index is 1.32. The molecular weight excluding hydrogens is 408 g/mol. The van der Waals surface area contributed by atoms with Gasteiger partial charge in [-0.2, -0.15) is 0 Å². The number of rotatable bonds is 7. The Morgan fingerprint density at radius 1 is 0.903 bits per heavy atom. The van der Waals surface area contributed by atoms with Crippen molar-refractivity contribution in [3.63, 3.8) is 0 Å². The average Bonchev–Trinajstić information content (AvgIpc) is 2.81. The Morgan fingerprint density at radius 3 is 2.13 bits per heavy atom. The number of nitrogens with zero attached hydrogens (tertiary/aromatic N) is 1. The summed E-state index contributed by atoms with van der Waals surface area (Å²) >= 11 is 1.73. The number of benzene rings is 3. The first-order valence-electron chi connectivity index (χ1n) is 10.2. The van der Waals surface area contributed by atoms with E-state index in [0.29, 0.717) is 6.54 Å². The van der Waals surface area contributed by atoms with Crippen LogP contribution in [0.2, 0.25) is 0 Å². The second-order valence-electron chi connectivity index (χ2n) is 7.30. The summed E-state index contributed by atoms with van der Waals surface area (Å²) in [6, 6.07) is 25.8. The fourth-order valence-corrected chi connectivity index (χ4v) is 4.65. The lowest BCUT2D eigenvalue weighted by Crippen LogP contribution is -2.31. The fraction of sp³-hybridized carbons (Fsp3) is 0.200. The maximum Gasteiger partial charge on any atom is 0.308 e. The summed E-state index contributed by atoms with van der Waals surface area (Å²) < 4.78 is 5.22. The second-order valence-corrected chi connectivity index (χ2v) is 8.38. The molecule has 158 valence electrons. The zero-order valence-electron chi connectivity index (χ0n) is 17.3. The molecule has 31 heavy (non-hydrogen) atoms. The summed E-state index contributed by atoms with van der Waals surface area (Å²) in [5.41, 5.74) is 3.16. The number of carbonyl (C=O) groups excluding carboxylic acids is 2. The minimum atomic E-state index is -0.393. The number of esters is 1. The monoisotopic (exact) mass is 432 g/mol. The molecule has 1 atom stereocenters. The molecule has 1 amide bonds. The van der Waals surface area contributed by atoms with Crippen LogP contribution in [0.1, 0.15) is 24.9 Å². The van der Waals surface area contributed by atoms with Gasteiger partial charge >= 0.3 is 5.97 Å². The van der Waals surface area contributed by atoms with Crippen LogP contribution in [0.3, 0.4) is 0 Å². The van der Waals surface area contributed by atoms with Crippen LogP contribution in [-0.2, 0) is 14.3 Å². The van der Waals surface area contributed by atoms with Gasteiger partial charge in [0.2, 0.25) is 0 Å². The smallest absolute Gasteiger partial charge is 0.308 e. The van der Waals surface area contributed by atoms with E-state index in [4.69, 9.17) is 4.74 Å². The van der Waals surface area contributed by atoms with Crippen molar-refractivity contribution in [2.45, 2.75) is 29.2 Å². The van der Waals surface area contributed by atoms with Crippen LogP contribution in [0.5, 0.6) is 0 Å². The molecule has 1 N–H and O–H groups in total. The van der Waals surface area contributed by atoms with Crippen LogP contribution in [0, 0.1) is 0 Å². The number of hydrogen-bond donors (Lipinski definition) is 1. The number of carbonyl (C=O) groups is 2. The van der Waals surface area contributed by atoms with E-state index in [-0.39, 0.29) is 25.0 Å². The highest BCUT2D eigenvalue weighted by molar-refractivity contribution is 7.99. The molecule has 1 aliphatic heterocycles. The molecule has 0 aromatic heterocycles. The number of ether oxygens (including phenoxy) is 1. The van der Waals surface area contributed by atoms with Gasteiger partial charge in [0.25, 0.3) is 5.91 Å². The zero-order chi connectivity index (χ0) is 21.6. The van der Waals surface area contributed by atoms with Gasteiger partial charge in [-0.1, -0.05) is 66.4 Å². The second kappa shape index (κ2) is 9.71. The molecule has 6 heteroatoms. The molecule has 5 nitrogen and oxygen atoms in total. The lowest BCUT2D eigenvalue weighted by atomic mass is 10.1. The first kappa shape index (κ1) is 21.0. The maximum atomic E-state index is 12.3. The number of fused-ring (bicyclic) bond motifs is 2. The Bertz CT molecular complexity index is 1030. The molecular formula is C25H24N2O3S. The summed E-state index contributed by atoms with van der Waals surface area (Å²) in [5.74, 6) is -0.703. The summed E-state index contributed by atoms with van der Waals surface area (Å²) in [5, 5.41) is 2.85. The molecule has 0 spiro atoms. The largest absolute Gasteiger partial charge is 0.456 e. The van der Waals surface area contributed by atoms with Crippen LogP contribution in [0.25, 0.3) is 0 Å². The number of nitrogens with one attached hydrogen (secondary N) is 1. The van der Waals surface area contributed by atoms with Crippen LogP contribution in [-0.4, -0.2) is 25.0 Å². The Hall–Kier alpha value is -3.25. The third-order valence-corrected chi connectivity index (χ3v) is 6.24. The van der Waals surface area contributed by atoms with E-state index in [2.05, 4.69) is 34.5 Å². The van der Waals surface area contributed by atoms with Crippen molar-refractivity contribution in [1.82, 2.24) is 5.32 Å². The van der Waals surface area contributed by atoms with E-state index in [1.807, 2.05) is 61.5 Å². The molecule has 0 saturated heterocycles. The average molecular weight is 433 g/mol. The van der Waals surface area contributed by atoms with Crippen LogP contribution >= 0.6 is 11.8 Å². The van der Waals surface area contributed by atoms with Gasteiger partial charge in [-0.15, -0.1) is 0 Å². The van der Waals surface area contributed by atoms with Crippen molar-refractivity contribution < 1.29 is 14.3 Å². The maximum absolute atomic E-state index is 12.3. The van der Waals surface area contributed by atoms with Gasteiger partial charge in [0.1, 0.15) is 0 Å². The zero-order valence-corrected chi connectivity index (χ0v) is 18.1. The SMILES string of the molecule is CC(NC(=O)COC(=O)CCN1c2ccccc2Sc2ccccc21)c1ccccc1. The van der Waals surface area contributed by atoms with Crippen molar-refractivity contribution in [2.24, 2.45) is 0 Å². The standard InChI is InChI=1S/C25H24N2O3S/c1-18(19-9-3-2-4-10-19)26-24(28)17-30-25(29)15-16-27-20-11-5-7-13-22(20)31-23-14-8-6-12-21(23)27/h2-14,18H,15-17H2,1H3,(H,26,28). The minimum Gasteiger partial charge on any atom is -0.456 e. The summed E-state index contributed by atoms with van der Waals surface area (Å²) in [6.07, 6.45) is 0.189. The van der Waals surface area contributed by atoms with Crippen molar-refractivity contribution in [1.29, 1.82) is 0 Å². The van der Waals surface area contributed by atoms with E-state index in [9.17, 15) is 9.59 Å². The topological polar surface area (TPSA) is 58.6 Å². The Kier molecular flexibility index (Phi) is 6.57. The lowest BCUT2D eigenvalue weighted by molar-refractivity contribution is -0.148. The summed E-state index contributed by atoms with van der Waals surface area (Å²) in [6.45, 7) is 2.10. The highest BCUT2D eigenvalue weighted by Gasteiger charge is 2.23. The molecule has 3 aromatic rings. The molecule has 1 unspecified atom stereocenters. The van der Waals surface area contributed by atoms with Crippen LogP contribution < -0.4 is 10.2 Å². The van der Waals surface area contributed by atoms with E-state index >= 15 is 0 Å². The summed E-state index contributed by atoms with van der Waals surface area (Å²) in [7, 11) is 0. The first-order chi connectivity index (χ1) is 15.1. The number of hydrogen-bond acceptors (Lipinski definition) is 5. The van der Waals surface area contributed by atoms with Gasteiger partial charge < -0.3 is 15.0 Å². The predicted octanol–water partition coefficient (Wildman–Crippen LogP) is 5.10. The van der Waals surface area contributed by atoms with Gasteiger partial charge in [0.15, 0.2) is 6.61 Å². The summed E-state index contributed by atoms with van der Waals surface area (Å²) in [4.78, 5) is 29.0. The van der Waals surface area contributed by atoms with Crippen molar-refractivity contribution >= 4 is 35.0 Å². The fourth-order valence-electron chi connectivity index (χ4n) is 3.55. The molecule has 4 rings (SSSR count). The minimum absolute atomic E-state index is 0.147. The van der Waals surface area contributed by atoms with Gasteiger partial charge in [-0.3, -0.25) is 9.59 Å². The van der Waals surface area contributed by atoms with Gasteiger partial charge in [0, 0.05) is 16.3 Å². The predicted molar refractivity (Wildman–Crippen MR) is 123 cm³/mol. The normalized spacial score (nSPS) is 13.0. The lowest BCUT2D eigenvalue weighted by Gasteiger charge is -2.32. The van der Waals surface area contributed by atoms with Crippen LogP contribution in [0.15, 0.2) is 88.7 Å². The number of amides is 1. The quantitative estimate of drug-likeness (QED) is 0.527. The van der Waals surface area contributed by atoms with Crippen molar-refractivity contribution in [2.75, 3.05) is 18.1 Å². The molecule has 0 bridgehead atoms. The van der Waals surface area contributed by atoms with E-state index in [0.717, 1.165) is 26.7 Å². The molecule has 1 aliphatic rings. The van der Waals surface area contributed by atoms with Gasteiger partial charge in [-0.05, 0) is 36.8 Å². The van der Waals surface area contributed by atoms with Crippen LogP contribution in [0.4, 0.5) is 11.4 Å². The highest BCUT2D eigenvalue weighted by atomic mass is 32.2. The van der Waals surface area contributed by atoms with Crippen molar-refractivity contribution in [3.05, 3.63) is 84.4 Å². The molecule has 0 radical (unpaired) electrons. The molecule has 0 saturated carbocycles. The highest BCUT2D eigenvalue weighted by Crippen LogP contribution is 2.47. The Labute approximate surface area is 186 Å². The molecule has 0 fully saturated rings. The molecule has 3 aromatic carbocycles. The van der Waals surface area contributed by atoms with Gasteiger partial charge in [-0.25, -0.2) is 0 Å². The van der Waals surface area contributed by atoms with E-state index < -0.39 is 5.97 Å². The Morgan fingerprint density at radius 2 is 1.48 bits per heavy atom. The third-order valence-electron chi connectivity index (χ3n) is 5.11.